The summed E-state index contributed by atoms with van der Waals surface area (Å²) in [7, 11) is 0. The van der Waals surface area contributed by atoms with Gasteiger partial charge in [-0.1, -0.05) is 23.7 Å². The fourth-order valence-corrected chi connectivity index (χ4v) is 3.32. The van der Waals surface area contributed by atoms with E-state index in [2.05, 4.69) is 15.2 Å². The summed E-state index contributed by atoms with van der Waals surface area (Å²) in [5.41, 5.74) is -0.740. The number of amides is 1. The Balaban J connectivity index is 1.48. The molecule has 0 radical (unpaired) electrons. The van der Waals surface area contributed by atoms with Gasteiger partial charge in [-0.25, -0.2) is 9.37 Å². The number of hydrogen-bond donors (Lipinski definition) is 1. The monoisotopic (exact) mass is 430 g/mol. The molecule has 0 bridgehead atoms. The van der Waals surface area contributed by atoms with E-state index in [1.54, 1.807) is 12.1 Å². The number of piperazine rings is 1. The number of hydrogen-bond acceptors (Lipinski definition) is 4. The van der Waals surface area contributed by atoms with Gasteiger partial charge in [0.15, 0.2) is 0 Å². The van der Waals surface area contributed by atoms with E-state index >= 15 is 0 Å². The zero-order chi connectivity index (χ0) is 21.0. The highest BCUT2D eigenvalue weighted by molar-refractivity contribution is 6.33. The maximum absolute atomic E-state index is 13.6. The average molecular weight is 431 g/mol. The largest absolute Gasteiger partial charge is 0.417 e. The second kappa shape index (κ2) is 8.96. The molecule has 1 aliphatic rings. The van der Waals surface area contributed by atoms with Gasteiger partial charge in [0.1, 0.15) is 11.6 Å². The lowest BCUT2D eigenvalue weighted by atomic mass is 10.2. The normalized spacial score (nSPS) is 15.4. The summed E-state index contributed by atoms with van der Waals surface area (Å²) in [4.78, 5) is 19.8. The van der Waals surface area contributed by atoms with Crippen LogP contribution >= 0.6 is 11.6 Å². The number of rotatable bonds is 5. The zero-order valence-corrected chi connectivity index (χ0v) is 16.1. The summed E-state index contributed by atoms with van der Waals surface area (Å²) in [6, 6.07) is 6.83. The maximum atomic E-state index is 13.6. The molecule has 156 valence electrons. The Morgan fingerprint density at radius 1 is 1.17 bits per heavy atom. The second-order valence-electron chi connectivity index (χ2n) is 6.63. The Labute approximate surface area is 170 Å². The van der Waals surface area contributed by atoms with Gasteiger partial charge in [-0.05, 0) is 18.2 Å². The van der Waals surface area contributed by atoms with E-state index in [4.69, 9.17) is 11.6 Å². The van der Waals surface area contributed by atoms with Crippen molar-refractivity contribution in [2.75, 3.05) is 42.9 Å². The molecule has 0 saturated carbocycles. The highest BCUT2D eigenvalue weighted by atomic mass is 35.5. The topological polar surface area (TPSA) is 48.5 Å². The highest BCUT2D eigenvalue weighted by Gasteiger charge is 2.32. The van der Waals surface area contributed by atoms with Gasteiger partial charge in [0.25, 0.3) is 0 Å². The Morgan fingerprint density at radius 2 is 1.86 bits per heavy atom. The summed E-state index contributed by atoms with van der Waals surface area (Å²) < 4.78 is 51.8. The van der Waals surface area contributed by atoms with Crippen LogP contribution in [0, 0.1) is 5.82 Å². The zero-order valence-electron chi connectivity index (χ0n) is 15.3. The number of anilines is 2. The van der Waals surface area contributed by atoms with Gasteiger partial charge in [-0.15, -0.1) is 0 Å². The van der Waals surface area contributed by atoms with Crippen molar-refractivity contribution < 1.29 is 22.4 Å². The van der Waals surface area contributed by atoms with Crippen LogP contribution in [0.4, 0.5) is 29.1 Å². The lowest BCUT2D eigenvalue weighted by Crippen LogP contribution is -2.47. The van der Waals surface area contributed by atoms with Crippen molar-refractivity contribution in [1.29, 1.82) is 0 Å². The summed E-state index contributed by atoms with van der Waals surface area (Å²) >= 11 is 6.00. The molecule has 0 spiro atoms. The fraction of sp³-hybridized carbons (Fsp3) is 0.368. The fourth-order valence-electron chi connectivity index (χ4n) is 3.04. The molecule has 1 aliphatic heterocycles. The van der Waals surface area contributed by atoms with Crippen LogP contribution in [0.3, 0.4) is 0 Å². The number of nitrogens with one attached hydrogen (secondary N) is 1. The molecule has 10 heteroatoms. The first kappa shape index (κ1) is 21.3. The van der Waals surface area contributed by atoms with Crippen LogP contribution in [-0.2, 0) is 11.0 Å². The van der Waals surface area contributed by atoms with E-state index in [-0.39, 0.29) is 23.0 Å². The third-order valence-electron chi connectivity index (χ3n) is 4.62. The van der Waals surface area contributed by atoms with Gasteiger partial charge in [0.05, 0.1) is 16.3 Å². The van der Waals surface area contributed by atoms with Crippen molar-refractivity contribution in [2.45, 2.75) is 12.6 Å². The first-order valence-electron chi connectivity index (χ1n) is 8.98. The summed E-state index contributed by atoms with van der Waals surface area (Å²) in [5, 5.41) is 2.49. The first-order chi connectivity index (χ1) is 13.7. The number of alkyl halides is 3. The van der Waals surface area contributed by atoms with Crippen molar-refractivity contribution in [2.24, 2.45) is 0 Å². The summed E-state index contributed by atoms with van der Waals surface area (Å²) in [5.74, 6) is -0.461. The van der Waals surface area contributed by atoms with E-state index in [9.17, 15) is 22.4 Å². The molecule has 29 heavy (non-hydrogen) atoms. The van der Waals surface area contributed by atoms with Crippen molar-refractivity contribution >= 4 is 29.0 Å². The Morgan fingerprint density at radius 3 is 2.48 bits per heavy atom. The van der Waals surface area contributed by atoms with Crippen molar-refractivity contribution in [1.82, 2.24) is 9.88 Å². The summed E-state index contributed by atoms with van der Waals surface area (Å²) in [6.07, 6.45) is -3.51. The number of benzene rings is 1. The predicted molar refractivity (Wildman–Crippen MR) is 103 cm³/mol. The Hall–Kier alpha value is -2.39. The van der Waals surface area contributed by atoms with Crippen LogP contribution in [0.2, 0.25) is 5.02 Å². The van der Waals surface area contributed by atoms with Gasteiger partial charge in [-0.2, -0.15) is 13.2 Å². The molecule has 1 fully saturated rings. The van der Waals surface area contributed by atoms with Gasteiger partial charge in [-0.3, -0.25) is 9.69 Å². The number of nitrogens with zero attached hydrogens (tertiary/aromatic N) is 3. The van der Waals surface area contributed by atoms with Crippen molar-refractivity contribution in [3.05, 3.63) is 52.9 Å². The van der Waals surface area contributed by atoms with Gasteiger partial charge in [0.2, 0.25) is 5.91 Å². The molecule has 1 aromatic heterocycles. The van der Waals surface area contributed by atoms with E-state index in [1.807, 2.05) is 4.90 Å². The minimum Gasteiger partial charge on any atom is -0.353 e. The van der Waals surface area contributed by atoms with E-state index in [0.29, 0.717) is 38.5 Å². The van der Waals surface area contributed by atoms with Crippen LogP contribution in [-0.4, -0.2) is 48.5 Å². The molecular formula is C19H19ClF4N4O. The molecule has 1 aromatic carbocycles. The number of pyridine rings is 1. The maximum Gasteiger partial charge on any atom is 0.417 e. The standard InChI is InChI=1S/C19H19ClF4N4O/c20-14-11-13(19(22,23)24)12-25-18(14)28-9-7-27(8-10-28)6-5-17(29)26-16-4-2-1-3-15(16)21/h1-4,11-12H,5-10H2,(H,26,29). The number of carbonyl (C=O) groups excluding carboxylic acids is 1. The average Bonchev–Trinajstić information content (AvgIpc) is 2.68. The lowest BCUT2D eigenvalue weighted by molar-refractivity contribution is -0.137. The predicted octanol–water partition coefficient (Wildman–Crippen LogP) is 4.04. The molecule has 2 heterocycles. The minimum atomic E-state index is -4.49. The molecule has 3 rings (SSSR count). The molecule has 1 N–H and O–H groups in total. The molecule has 5 nitrogen and oxygen atoms in total. The molecule has 1 saturated heterocycles. The highest BCUT2D eigenvalue weighted by Crippen LogP contribution is 2.33. The van der Waals surface area contributed by atoms with Crippen LogP contribution in [0.25, 0.3) is 0 Å². The molecule has 2 aromatic rings. The van der Waals surface area contributed by atoms with Crippen LogP contribution < -0.4 is 10.2 Å². The Kier molecular flexibility index (Phi) is 6.59. The van der Waals surface area contributed by atoms with Crippen LogP contribution in [0.15, 0.2) is 36.5 Å². The first-order valence-corrected chi connectivity index (χ1v) is 9.36. The molecule has 1 amide bonds. The van der Waals surface area contributed by atoms with Crippen LogP contribution in [0.5, 0.6) is 0 Å². The quantitative estimate of drug-likeness (QED) is 0.727. The lowest BCUT2D eigenvalue weighted by Gasteiger charge is -2.35. The molecule has 0 aliphatic carbocycles. The number of carbonyl (C=O) groups is 1. The minimum absolute atomic E-state index is 0.0439. The third kappa shape index (κ3) is 5.57. The van der Waals surface area contributed by atoms with E-state index in [0.717, 1.165) is 12.3 Å². The van der Waals surface area contributed by atoms with Gasteiger partial charge >= 0.3 is 6.18 Å². The smallest absolute Gasteiger partial charge is 0.353 e. The van der Waals surface area contributed by atoms with Crippen LogP contribution in [0.1, 0.15) is 12.0 Å². The Bertz CT molecular complexity index is 870. The van der Waals surface area contributed by atoms with Crippen molar-refractivity contribution in [3.63, 3.8) is 0 Å². The summed E-state index contributed by atoms with van der Waals surface area (Å²) in [6.45, 7) is 2.74. The molecule has 0 atom stereocenters. The number of para-hydroxylation sites is 1. The van der Waals surface area contributed by atoms with Gasteiger partial charge in [0, 0.05) is 45.3 Å². The molecular weight excluding hydrogens is 412 g/mol. The second-order valence-corrected chi connectivity index (χ2v) is 7.04. The van der Waals surface area contributed by atoms with E-state index < -0.39 is 17.6 Å². The number of halogens is 5. The molecule has 0 unspecified atom stereocenters. The third-order valence-corrected chi connectivity index (χ3v) is 4.90. The van der Waals surface area contributed by atoms with Crippen molar-refractivity contribution in [3.8, 4) is 0 Å². The van der Waals surface area contributed by atoms with Gasteiger partial charge < -0.3 is 10.2 Å². The van der Waals surface area contributed by atoms with E-state index in [1.165, 1.54) is 12.1 Å². The number of aromatic nitrogens is 1. The SMILES string of the molecule is O=C(CCN1CCN(c2ncc(C(F)(F)F)cc2Cl)CC1)Nc1ccccc1F.